The molecule has 1 aliphatic rings. The number of ether oxygens (including phenoxy) is 1. The molecule has 0 aliphatic carbocycles. The molecule has 14 heteroatoms. The summed E-state index contributed by atoms with van der Waals surface area (Å²) in [4.78, 5) is 19.6. The summed E-state index contributed by atoms with van der Waals surface area (Å²) >= 11 is 0. The van der Waals surface area contributed by atoms with E-state index in [2.05, 4.69) is 20.6 Å². The van der Waals surface area contributed by atoms with Crippen molar-refractivity contribution in [3.63, 3.8) is 0 Å². The molecule has 1 aliphatic heterocycles. The number of nitrogens with zero attached hydrogens (tertiary/aromatic N) is 7. The van der Waals surface area contributed by atoms with Crippen LogP contribution in [0, 0.1) is 5.82 Å². The van der Waals surface area contributed by atoms with Crippen molar-refractivity contribution in [1.82, 2.24) is 34.4 Å². The van der Waals surface area contributed by atoms with Gasteiger partial charge in [0.1, 0.15) is 5.52 Å². The molecule has 6 aromatic rings. The number of hydrogen-bond acceptors (Lipinski definition) is 7. The Bertz CT molecular complexity index is 2120. The molecule has 46 heavy (non-hydrogen) atoms. The molecule has 0 atom stereocenters. The fraction of sp³-hybridized carbons (Fsp3) is 0.250. The number of methoxy groups -OCH3 is 1. The predicted molar refractivity (Wildman–Crippen MR) is 165 cm³/mol. The van der Waals surface area contributed by atoms with E-state index in [1.807, 2.05) is 29.1 Å². The van der Waals surface area contributed by atoms with Gasteiger partial charge in [-0.15, -0.1) is 5.10 Å². The Morgan fingerprint density at radius 2 is 1.76 bits per heavy atom. The number of alkyl halides is 3. The summed E-state index contributed by atoms with van der Waals surface area (Å²) in [7, 11) is 1.32. The highest BCUT2D eigenvalue weighted by molar-refractivity contribution is 6.04. The molecule has 0 unspecified atom stereocenters. The van der Waals surface area contributed by atoms with Crippen molar-refractivity contribution in [2.24, 2.45) is 0 Å². The lowest BCUT2D eigenvalue weighted by Gasteiger charge is -2.31. The van der Waals surface area contributed by atoms with Gasteiger partial charge in [0.15, 0.2) is 11.3 Å². The Balaban J connectivity index is 1.44. The maximum absolute atomic E-state index is 14.6. The Hall–Kier alpha value is -5.24. The average molecular weight is 633 g/mol. The van der Waals surface area contributed by atoms with E-state index in [1.165, 1.54) is 30.1 Å². The quantitative estimate of drug-likeness (QED) is 0.251. The molecule has 2 aromatic carbocycles. The van der Waals surface area contributed by atoms with Crippen LogP contribution in [-0.2, 0) is 19.3 Å². The minimum absolute atomic E-state index is 0.00377. The zero-order valence-electron chi connectivity index (χ0n) is 24.6. The Labute approximate surface area is 259 Å². The Morgan fingerprint density at radius 1 is 0.978 bits per heavy atom. The largest absolute Gasteiger partial charge is 0.479 e. The van der Waals surface area contributed by atoms with E-state index in [0.717, 1.165) is 6.07 Å². The molecule has 0 bridgehead atoms. The Morgan fingerprint density at radius 3 is 2.48 bits per heavy atom. The number of fused-ring (bicyclic) bond motifs is 3. The van der Waals surface area contributed by atoms with Crippen LogP contribution < -0.4 is 20.5 Å². The first-order valence-corrected chi connectivity index (χ1v) is 14.6. The number of halogens is 4. The number of benzene rings is 2. The monoisotopic (exact) mass is 632 g/mol. The van der Waals surface area contributed by atoms with Crippen molar-refractivity contribution in [2.75, 3.05) is 38.2 Å². The Kier molecular flexibility index (Phi) is 7.43. The second-order valence-corrected chi connectivity index (χ2v) is 11.0. The molecule has 236 valence electrons. The summed E-state index contributed by atoms with van der Waals surface area (Å²) in [6.07, 6.45) is 0.585. The van der Waals surface area contributed by atoms with Crippen LogP contribution in [0.15, 0.2) is 78.0 Å². The first-order chi connectivity index (χ1) is 22.2. The average Bonchev–Trinajstić information content (AvgIpc) is 3.75. The van der Waals surface area contributed by atoms with Crippen LogP contribution >= 0.6 is 0 Å². The number of piperazine rings is 1. The summed E-state index contributed by atoms with van der Waals surface area (Å²) < 4.78 is 67.7. The minimum atomic E-state index is -4.64. The number of hydrogen-bond donors (Lipinski definition) is 1. The third-order valence-corrected chi connectivity index (χ3v) is 8.23. The summed E-state index contributed by atoms with van der Waals surface area (Å²) in [6, 6.07) is 14.3. The number of pyridine rings is 2. The van der Waals surface area contributed by atoms with Gasteiger partial charge < -0.3 is 24.1 Å². The number of aryl methyl sites for hydroxylation is 2. The third-order valence-electron chi connectivity index (χ3n) is 8.23. The minimum Gasteiger partial charge on any atom is -0.479 e. The first-order valence-electron chi connectivity index (χ1n) is 14.6. The van der Waals surface area contributed by atoms with E-state index >= 15 is 0 Å². The normalized spacial score (nSPS) is 14.0. The van der Waals surface area contributed by atoms with E-state index < -0.39 is 23.1 Å². The zero-order chi connectivity index (χ0) is 32.0. The summed E-state index contributed by atoms with van der Waals surface area (Å²) in [5, 5.41) is 12.0. The van der Waals surface area contributed by atoms with Crippen molar-refractivity contribution < 1.29 is 22.3 Å². The van der Waals surface area contributed by atoms with Crippen LogP contribution in [0.4, 0.5) is 23.2 Å². The molecule has 1 fully saturated rings. The van der Waals surface area contributed by atoms with Crippen LogP contribution in [-0.4, -0.2) is 62.4 Å². The van der Waals surface area contributed by atoms with Crippen LogP contribution in [0.2, 0.25) is 0 Å². The van der Waals surface area contributed by atoms with Crippen molar-refractivity contribution in [3.05, 3.63) is 94.9 Å². The maximum atomic E-state index is 14.6. The second kappa shape index (κ2) is 11.6. The highest BCUT2D eigenvalue weighted by atomic mass is 19.4. The third kappa shape index (κ3) is 5.23. The number of anilines is 1. The van der Waals surface area contributed by atoms with Gasteiger partial charge in [-0.25, -0.2) is 14.1 Å². The number of rotatable bonds is 7. The van der Waals surface area contributed by atoms with E-state index in [4.69, 9.17) is 4.74 Å². The fourth-order valence-corrected chi connectivity index (χ4v) is 5.98. The van der Waals surface area contributed by atoms with Crippen LogP contribution in [0.25, 0.3) is 38.8 Å². The van der Waals surface area contributed by atoms with Gasteiger partial charge in [0.05, 0.1) is 23.9 Å². The highest BCUT2D eigenvalue weighted by Gasteiger charge is 2.36. The molecule has 1 saturated heterocycles. The summed E-state index contributed by atoms with van der Waals surface area (Å²) in [5.74, 6) is -0.810. The van der Waals surface area contributed by atoms with Crippen molar-refractivity contribution >= 4 is 27.6 Å². The van der Waals surface area contributed by atoms with Gasteiger partial charge >= 0.3 is 6.18 Å². The molecule has 5 heterocycles. The molecule has 0 radical (unpaired) electrons. The SMILES string of the molecule is COc1ncc(-c2ccc3c(c2)c2c(nnn2-c2ccc(N4CCNCC4)c(C(F)(F)F)c2)c(=O)n3CCn2cccc2)cc1F. The van der Waals surface area contributed by atoms with Crippen LogP contribution in [0.5, 0.6) is 5.88 Å². The van der Waals surface area contributed by atoms with E-state index in [9.17, 15) is 22.4 Å². The lowest BCUT2D eigenvalue weighted by molar-refractivity contribution is -0.137. The van der Waals surface area contributed by atoms with Crippen molar-refractivity contribution in [3.8, 4) is 22.7 Å². The molecular weight excluding hydrogens is 604 g/mol. The van der Waals surface area contributed by atoms with Gasteiger partial charge in [0.2, 0.25) is 5.88 Å². The lowest BCUT2D eigenvalue weighted by atomic mass is 10.0. The van der Waals surface area contributed by atoms with E-state index in [0.29, 0.717) is 61.3 Å². The van der Waals surface area contributed by atoms with Crippen molar-refractivity contribution in [1.29, 1.82) is 0 Å². The van der Waals surface area contributed by atoms with Gasteiger partial charge in [0, 0.05) is 74.5 Å². The smallest absolute Gasteiger partial charge is 0.418 e. The molecule has 10 nitrogen and oxygen atoms in total. The van der Waals surface area contributed by atoms with Crippen LogP contribution in [0.1, 0.15) is 5.56 Å². The standard InChI is InChI=1S/C32H28F4N8O2/c1-46-30-25(33)17-21(19-38-30)20-4-6-26-23(16-20)29-28(31(45)43(26)15-14-41-10-2-3-11-41)39-40-44(29)22-5-7-27(24(18-22)32(34,35)36)42-12-8-37-9-13-42/h2-7,10-11,16-19,37H,8-9,12-15H2,1H3. The molecule has 7 rings (SSSR count). The first kappa shape index (κ1) is 29.5. The summed E-state index contributed by atoms with van der Waals surface area (Å²) in [5.41, 5.74) is 0.707. The molecule has 0 spiro atoms. The maximum Gasteiger partial charge on any atom is 0.418 e. The van der Waals surface area contributed by atoms with Gasteiger partial charge in [-0.2, -0.15) is 13.2 Å². The van der Waals surface area contributed by atoms with Gasteiger partial charge in [-0.05, 0) is 54.1 Å². The molecule has 0 amide bonds. The number of nitrogens with one attached hydrogen (secondary N) is 1. The molecule has 0 saturated carbocycles. The topological polar surface area (TPSA) is 95.0 Å². The fourth-order valence-electron chi connectivity index (χ4n) is 5.98. The second-order valence-electron chi connectivity index (χ2n) is 11.0. The van der Waals surface area contributed by atoms with Gasteiger partial charge in [0.25, 0.3) is 5.56 Å². The van der Waals surface area contributed by atoms with E-state index in [-0.39, 0.29) is 28.3 Å². The van der Waals surface area contributed by atoms with Gasteiger partial charge in [-0.3, -0.25) is 4.79 Å². The van der Waals surface area contributed by atoms with Crippen molar-refractivity contribution in [2.45, 2.75) is 19.3 Å². The van der Waals surface area contributed by atoms with Crippen LogP contribution in [0.3, 0.4) is 0 Å². The lowest BCUT2D eigenvalue weighted by Crippen LogP contribution is -2.44. The highest BCUT2D eigenvalue weighted by Crippen LogP contribution is 2.39. The molecular formula is C32H28F4N8O2. The van der Waals surface area contributed by atoms with E-state index in [1.54, 1.807) is 33.7 Å². The molecule has 4 aromatic heterocycles. The van der Waals surface area contributed by atoms with Gasteiger partial charge in [-0.1, -0.05) is 11.3 Å². The zero-order valence-corrected chi connectivity index (χ0v) is 24.6. The summed E-state index contributed by atoms with van der Waals surface area (Å²) in [6.45, 7) is 2.80. The predicted octanol–water partition coefficient (Wildman–Crippen LogP) is 4.88. The molecule has 1 N–H and O–H groups in total. The number of aromatic nitrogens is 6.